The van der Waals surface area contributed by atoms with Crippen molar-refractivity contribution in [1.82, 2.24) is 4.57 Å². The number of aromatic nitrogens is 1. The molecule has 30 heavy (non-hydrogen) atoms. The normalized spacial score (nSPS) is 11.6. The molecule has 3 aromatic rings. The van der Waals surface area contributed by atoms with Crippen molar-refractivity contribution in [1.29, 1.82) is 5.26 Å². The maximum Gasteiger partial charge on any atom is 0.416 e. The number of hydrogen-bond acceptors (Lipinski definition) is 4. The number of aliphatic imine (C=N–C) groups is 1. The van der Waals surface area contributed by atoms with Crippen LogP contribution in [0.4, 0.5) is 18.9 Å². The lowest BCUT2D eigenvalue weighted by Gasteiger charge is -2.14. The van der Waals surface area contributed by atoms with Crippen molar-refractivity contribution in [2.45, 2.75) is 19.6 Å². The quantitative estimate of drug-likeness (QED) is 0.640. The van der Waals surface area contributed by atoms with Crippen molar-refractivity contribution in [2.24, 2.45) is 4.99 Å². The Balaban J connectivity index is 2.09. The molecular formula is C22H16F3N3O2. The molecule has 0 atom stereocenters. The molecule has 0 saturated carbocycles. The van der Waals surface area contributed by atoms with Gasteiger partial charge in [-0.3, -0.25) is 14.4 Å². The van der Waals surface area contributed by atoms with Crippen LogP contribution in [0, 0.1) is 18.3 Å². The van der Waals surface area contributed by atoms with E-state index in [0.29, 0.717) is 0 Å². The van der Waals surface area contributed by atoms with Crippen LogP contribution in [0.2, 0.25) is 0 Å². The van der Waals surface area contributed by atoms with Crippen LogP contribution in [-0.2, 0) is 12.7 Å². The van der Waals surface area contributed by atoms with E-state index in [-0.39, 0.29) is 28.9 Å². The highest BCUT2D eigenvalue weighted by molar-refractivity contribution is 5.87. The zero-order valence-electron chi connectivity index (χ0n) is 15.8. The number of nitrogens with zero attached hydrogens (tertiary/aromatic N) is 3. The second kappa shape index (κ2) is 8.25. The summed E-state index contributed by atoms with van der Waals surface area (Å²) in [4.78, 5) is 16.7. The number of aromatic hydroxyl groups is 1. The third-order valence-electron chi connectivity index (χ3n) is 4.55. The monoisotopic (exact) mass is 411 g/mol. The molecule has 1 heterocycles. The first kappa shape index (κ1) is 20.9. The first-order valence-electron chi connectivity index (χ1n) is 8.84. The Morgan fingerprint density at radius 3 is 2.50 bits per heavy atom. The van der Waals surface area contributed by atoms with Crippen molar-refractivity contribution in [2.75, 3.05) is 0 Å². The van der Waals surface area contributed by atoms with Crippen molar-refractivity contribution in [3.8, 4) is 11.9 Å². The lowest BCUT2D eigenvalue weighted by molar-refractivity contribution is -0.137. The van der Waals surface area contributed by atoms with E-state index in [4.69, 9.17) is 0 Å². The molecule has 0 saturated heterocycles. The molecule has 0 aliphatic rings. The highest BCUT2D eigenvalue weighted by atomic mass is 19.4. The molecule has 0 aliphatic heterocycles. The summed E-state index contributed by atoms with van der Waals surface area (Å²) in [6, 6.07) is 15.1. The molecule has 3 rings (SSSR count). The van der Waals surface area contributed by atoms with Crippen LogP contribution in [0.15, 0.2) is 64.4 Å². The van der Waals surface area contributed by atoms with Crippen molar-refractivity contribution < 1.29 is 18.3 Å². The smallest absolute Gasteiger partial charge is 0.416 e. The topological polar surface area (TPSA) is 78.4 Å². The fourth-order valence-electron chi connectivity index (χ4n) is 2.94. The van der Waals surface area contributed by atoms with E-state index in [2.05, 4.69) is 4.99 Å². The van der Waals surface area contributed by atoms with Gasteiger partial charge in [0.25, 0.3) is 5.56 Å². The number of rotatable bonds is 4. The summed E-state index contributed by atoms with van der Waals surface area (Å²) in [5.74, 6) is -0.420. The summed E-state index contributed by atoms with van der Waals surface area (Å²) in [6.07, 6.45) is -3.36. The number of hydrogen-bond donors (Lipinski definition) is 1. The molecule has 2 aromatic carbocycles. The first-order valence-corrected chi connectivity index (χ1v) is 8.84. The second-order valence-electron chi connectivity index (χ2n) is 6.53. The van der Waals surface area contributed by atoms with Crippen molar-refractivity contribution in [3.05, 3.63) is 92.8 Å². The van der Waals surface area contributed by atoms with Gasteiger partial charge in [0.05, 0.1) is 23.4 Å². The molecule has 8 heteroatoms. The SMILES string of the molecule is Cc1c(C=Nc2cccc(C(F)(F)F)c2)c(O)n(Cc2ccccc2)c(=O)c1C#N. The highest BCUT2D eigenvalue weighted by Gasteiger charge is 2.30. The van der Waals surface area contributed by atoms with Crippen molar-refractivity contribution >= 4 is 11.9 Å². The Kier molecular flexibility index (Phi) is 5.74. The Hall–Kier alpha value is -3.86. The Bertz CT molecular complexity index is 1210. The Morgan fingerprint density at radius 1 is 1.17 bits per heavy atom. The summed E-state index contributed by atoms with van der Waals surface area (Å²) in [6.45, 7) is 1.49. The van der Waals surface area contributed by atoms with Crippen LogP contribution in [-0.4, -0.2) is 15.9 Å². The van der Waals surface area contributed by atoms with Gasteiger partial charge in [0.1, 0.15) is 11.6 Å². The molecule has 0 aliphatic carbocycles. The van der Waals surface area contributed by atoms with Crippen molar-refractivity contribution in [3.63, 3.8) is 0 Å². The summed E-state index contributed by atoms with van der Waals surface area (Å²) in [5.41, 5.74) is -0.669. The molecule has 0 bridgehead atoms. The molecule has 0 amide bonds. The maximum atomic E-state index is 12.9. The number of nitriles is 1. The van der Waals surface area contributed by atoms with Crippen LogP contribution < -0.4 is 5.56 Å². The van der Waals surface area contributed by atoms with Gasteiger partial charge in [-0.25, -0.2) is 0 Å². The maximum absolute atomic E-state index is 12.9. The van der Waals surface area contributed by atoms with Crippen LogP contribution in [0.5, 0.6) is 5.88 Å². The zero-order valence-corrected chi connectivity index (χ0v) is 15.8. The van der Waals surface area contributed by atoms with E-state index in [1.165, 1.54) is 19.1 Å². The summed E-state index contributed by atoms with van der Waals surface area (Å²) >= 11 is 0. The Morgan fingerprint density at radius 2 is 1.87 bits per heavy atom. The van der Waals surface area contributed by atoms with Gasteiger partial charge in [-0.1, -0.05) is 36.4 Å². The van der Waals surface area contributed by atoms with Gasteiger partial charge in [-0.2, -0.15) is 18.4 Å². The van der Waals surface area contributed by atoms with E-state index in [0.717, 1.165) is 28.5 Å². The van der Waals surface area contributed by atoms with Gasteiger partial charge in [-0.15, -0.1) is 0 Å². The lowest BCUT2D eigenvalue weighted by Crippen LogP contribution is -2.25. The van der Waals surface area contributed by atoms with E-state index >= 15 is 0 Å². The lowest BCUT2D eigenvalue weighted by atomic mass is 10.1. The van der Waals surface area contributed by atoms with Gasteiger partial charge >= 0.3 is 6.18 Å². The molecule has 1 aromatic heterocycles. The molecular weight excluding hydrogens is 395 g/mol. The van der Waals surface area contributed by atoms with E-state index in [9.17, 15) is 28.3 Å². The van der Waals surface area contributed by atoms with Gasteiger partial charge in [0, 0.05) is 6.21 Å². The minimum Gasteiger partial charge on any atom is -0.494 e. The number of halogens is 3. The van der Waals surface area contributed by atoms with E-state index in [1.807, 2.05) is 6.07 Å². The average Bonchev–Trinajstić information content (AvgIpc) is 2.72. The van der Waals surface area contributed by atoms with Gasteiger partial charge in [-0.05, 0) is 36.2 Å². The van der Waals surface area contributed by atoms with Gasteiger partial charge in [0.2, 0.25) is 5.88 Å². The molecule has 1 N–H and O–H groups in total. The molecule has 0 fully saturated rings. The minimum absolute atomic E-state index is 0.0166. The van der Waals surface area contributed by atoms with Crippen LogP contribution in [0.1, 0.15) is 27.8 Å². The number of pyridine rings is 1. The molecule has 0 unspecified atom stereocenters. The van der Waals surface area contributed by atoms with Gasteiger partial charge in [0.15, 0.2) is 0 Å². The third kappa shape index (κ3) is 4.25. The fourth-order valence-corrected chi connectivity index (χ4v) is 2.94. The Labute approximate surface area is 170 Å². The molecule has 0 radical (unpaired) electrons. The van der Waals surface area contributed by atoms with Crippen LogP contribution in [0.3, 0.4) is 0 Å². The van der Waals surface area contributed by atoms with Crippen LogP contribution >= 0.6 is 0 Å². The predicted molar refractivity (Wildman–Crippen MR) is 106 cm³/mol. The largest absolute Gasteiger partial charge is 0.494 e. The first-order chi connectivity index (χ1) is 14.2. The molecule has 152 valence electrons. The standard InChI is InChI=1S/C22H16F3N3O2/c1-14-18(11-26)20(29)28(13-15-6-3-2-4-7-15)21(30)19(14)12-27-17-9-5-8-16(10-17)22(23,24)25/h2-10,12,30H,13H2,1H3. The zero-order chi connectivity index (χ0) is 21.9. The van der Waals surface area contributed by atoms with E-state index in [1.54, 1.807) is 30.3 Å². The average molecular weight is 411 g/mol. The molecule has 5 nitrogen and oxygen atoms in total. The fraction of sp³-hybridized carbons (Fsp3) is 0.136. The van der Waals surface area contributed by atoms with E-state index < -0.39 is 23.2 Å². The molecule has 0 spiro atoms. The predicted octanol–water partition coefficient (Wildman–Crippen LogP) is 4.55. The second-order valence-corrected chi connectivity index (χ2v) is 6.53. The summed E-state index contributed by atoms with van der Waals surface area (Å²) in [5, 5.41) is 20.1. The van der Waals surface area contributed by atoms with Gasteiger partial charge < -0.3 is 5.11 Å². The summed E-state index contributed by atoms with van der Waals surface area (Å²) in [7, 11) is 0. The minimum atomic E-state index is -4.51. The summed E-state index contributed by atoms with van der Waals surface area (Å²) < 4.78 is 39.7. The van der Waals surface area contributed by atoms with Crippen LogP contribution in [0.25, 0.3) is 0 Å². The highest BCUT2D eigenvalue weighted by Crippen LogP contribution is 2.31. The number of alkyl halides is 3. The third-order valence-corrected chi connectivity index (χ3v) is 4.55. The number of benzene rings is 2.